The van der Waals surface area contributed by atoms with Crippen LogP contribution in [0.3, 0.4) is 0 Å². The fraction of sp³-hybridized carbons (Fsp3) is 0.250. The Morgan fingerprint density at radius 3 is 2.18 bits per heavy atom. The molecule has 2 rings (SSSR count). The molecule has 0 spiro atoms. The van der Waals surface area contributed by atoms with Gasteiger partial charge in [-0.1, -0.05) is 30.3 Å². The Bertz CT molecular complexity index is 659. The zero-order valence-electron chi connectivity index (χ0n) is 12.3. The van der Waals surface area contributed by atoms with Crippen LogP contribution in [0.5, 0.6) is 0 Å². The van der Waals surface area contributed by atoms with Crippen molar-refractivity contribution in [1.82, 2.24) is 0 Å². The van der Waals surface area contributed by atoms with Crippen molar-refractivity contribution < 1.29 is 22.0 Å². The summed E-state index contributed by atoms with van der Waals surface area (Å²) in [6.45, 7) is 3.56. The van der Waals surface area contributed by atoms with Crippen LogP contribution in [-0.4, -0.2) is 8.32 Å². The predicted octanol–water partition coefficient (Wildman–Crippen LogP) is 4.75. The number of halogens is 4. The Morgan fingerprint density at radius 1 is 0.909 bits per heavy atom. The molecule has 0 aliphatic rings. The lowest BCUT2D eigenvalue weighted by molar-refractivity contribution is 0.282. The van der Waals surface area contributed by atoms with Gasteiger partial charge in [0.25, 0.3) is 0 Å². The topological polar surface area (TPSA) is 9.23 Å². The van der Waals surface area contributed by atoms with E-state index >= 15 is 0 Å². The van der Waals surface area contributed by atoms with Gasteiger partial charge < -0.3 is 4.43 Å². The molecule has 6 heteroatoms. The summed E-state index contributed by atoms with van der Waals surface area (Å²) in [7, 11) is -2.20. The van der Waals surface area contributed by atoms with E-state index in [9.17, 15) is 17.6 Å². The summed E-state index contributed by atoms with van der Waals surface area (Å²) < 4.78 is 58.5. The number of hydrogen-bond donors (Lipinski definition) is 0. The number of benzene rings is 2. The van der Waals surface area contributed by atoms with Crippen molar-refractivity contribution in [3.05, 3.63) is 70.8 Å². The number of hydrogen-bond acceptors (Lipinski definition) is 1. The van der Waals surface area contributed by atoms with Crippen molar-refractivity contribution in [2.45, 2.75) is 25.7 Å². The molecule has 0 bridgehead atoms. The van der Waals surface area contributed by atoms with Gasteiger partial charge in [-0.3, -0.25) is 0 Å². The third-order valence-corrected chi connectivity index (χ3v) is 5.45. The van der Waals surface area contributed by atoms with E-state index in [1.54, 1.807) is 0 Å². The summed E-state index contributed by atoms with van der Waals surface area (Å²) in [4.78, 5) is 0. The molecule has 22 heavy (non-hydrogen) atoms. The maximum absolute atomic E-state index is 13.6. The average molecular weight is 328 g/mol. The second kappa shape index (κ2) is 6.62. The minimum atomic E-state index is -2.20. The van der Waals surface area contributed by atoms with Crippen LogP contribution in [-0.2, 0) is 17.1 Å². The van der Waals surface area contributed by atoms with E-state index in [0.29, 0.717) is 12.1 Å². The maximum Gasteiger partial charge on any atom is 0.197 e. The lowest BCUT2D eigenvalue weighted by atomic mass is 10.2. The molecule has 0 radical (unpaired) electrons. The van der Waals surface area contributed by atoms with Gasteiger partial charge in [0.15, 0.2) is 31.6 Å². The molecule has 0 aliphatic carbocycles. The fourth-order valence-electron chi connectivity index (χ4n) is 2.14. The van der Waals surface area contributed by atoms with Crippen molar-refractivity contribution in [2.75, 3.05) is 0 Å². The quantitative estimate of drug-likeness (QED) is 0.333. The van der Waals surface area contributed by atoms with Crippen LogP contribution in [0.1, 0.15) is 11.1 Å². The van der Waals surface area contributed by atoms with E-state index in [1.807, 2.05) is 43.4 Å². The maximum atomic E-state index is 13.6. The van der Waals surface area contributed by atoms with Gasteiger partial charge in [0.05, 0.1) is 6.61 Å². The average Bonchev–Trinajstić information content (AvgIpc) is 2.48. The third kappa shape index (κ3) is 3.95. The molecule has 0 fully saturated rings. The molecule has 0 aromatic heterocycles. The molecule has 118 valence electrons. The van der Waals surface area contributed by atoms with Crippen LogP contribution < -0.4 is 0 Å². The van der Waals surface area contributed by atoms with E-state index in [0.717, 1.165) is 5.56 Å². The summed E-state index contributed by atoms with van der Waals surface area (Å²) >= 11 is 0. The minimum absolute atomic E-state index is 0.286. The van der Waals surface area contributed by atoms with Crippen LogP contribution >= 0.6 is 0 Å². The second-order valence-electron chi connectivity index (χ2n) is 5.67. The van der Waals surface area contributed by atoms with Gasteiger partial charge in [0.2, 0.25) is 0 Å². The molecule has 0 aliphatic heterocycles. The van der Waals surface area contributed by atoms with Gasteiger partial charge in [-0.15, -0.1) is 0 Å². The van der Waals surface area contributed by atoms with Gasteiger partial charge in [-0.05, 0) is 30.8 Å². The Hall–Kier alpha value is -1.66. The SMILES string of the molecule is C[Si](C)(Cc1ccccc1)OCc1cc(F)c(F)c(F)c1F. The van der Waals surface area contributed by atoms with Crippen molar-refractivity contribution in [2.24, 2.45) is 0 Å². The van der Waals surface area contributed by atoms with Crippen molar-refractivity contribution in [3.8, 4) is 0 Å². The summed E-state index contributed by atoms with van der Waals surface area (Å²) in [5.41, 5.74) is 0.765. The first kappa shape index (κ1) is 16.7. The third-order valence-electron chi connectivity index (χ3n) is 3.27. The molecular formula is C16H16F4OSi. The molecule has 1 nitrogen and oxygen atoms in total. The molecule has 2 aromatic rings. The first-order valence-corrected chi connectivity index (χ1v) is 9.91. The molecule has 0 heterocycles. The Morgan fingerprint density at radius 2 is 1.55 bits per heavy atom. The van der Waals surface area contributed by atoms with Crippen molar-refractivity contribution >= 4 is 8.32 Å². The van der Waals surface area contributed by atoms with Gasteiger partial charge in [0, 0.05) is 5.56 Å². The zero-order chi connectivity index (χ0) is 16.3. The van der Waals surface area contributed by atoms with Crippen LogP contribution in [0.2, 0.25) is 13.1 Å². The monoisotopic (exact) mass is 328 g/mol. The van der Waals surface area contributed by atoms with Crippen molar-refractivity contribution in [3.63, 3.8) is 0 Å². The Kier molecular flexibility index (Phi) is 5.03. The minimum Gasteiger partial charge on any atom is -0.413 e. The molecule has 2 aromatic carbocycles. The van der Waals surface area contributed by atoms with E-state index in [1.165, 1.54) is 0 Å². The van der Waals surface area contributed by atoms with E-state index in [-0.39, 0.29) is 12.2 Å². The standard InChI is InChI=1S/C16H16F4OSi/c1-22(2,10-11-6-4-3-5-7-11)21-9-12-8-13(17)15(19)16(20)14(12)18/h3-8H,9-10H2,1-2H3. The Balaban J connectivity index is 2.09. The molecule has 0 unspecified atom stereocenters. The normalized spacial score (nSPS) is 11.7. The van der Waals surface area contributed by atoms with Crippen LogP contribution in [0, 0.1) is 23.3 Å². The van der Waals surface area contributed by atoms with Crippen molar-refractivity contribution in [1.29, 1.82) is 0 Å². The molecule has 0 atom stereocenters. The summed E-state index contributed by atoms with van der Waals surface area (Å²) in [6.07, 6.45) is 0. The first-order valence-electron chi connectivity index (χ1n) is 6.80. The molecular weight excluding hydrogens is 312 g/mol. The number of rotatable bonds is 5. The highest BCUT2D eigenvalue weighted by Gasteiger charge is 2.25. The summed E-state index contributed by atoms with van der Waals surface area (Å²) in [5, 5.41) is 0. The van der Waals surface area contributed by atoms with E-state index in [4.69, 9.17) is 4.43 Å². The molecule has 0 N–H and O–H groups in total. The van der Waals surface area contributed by atoms with Crippen LogP contribution in [0.15, 0.2) is 36.4 Å². The lowest BCUT2D eigenvalue weighted by Crippen LogP contribution is -2.33. The van der Waals surface area contributed by atoms with Crippen LogP contribution in [0.25, 0.3) is 0 Å². The van der Waals surface area contributed by atoms with Gasteiger partial charge in [-0.25, -0.2) is 17.6 Å². The smallest absolute Gasteiger partial charge is 0.197 e. The summed E-state index contributed by atoms with van der Waals surface area (Å²) in [6, 6.07) is 10.9. The van der Waals surface area contributed by atoms with Gasteiger partial charge in [-0.2, -0.15) is 0 Å². The zero-order valence-corrected chi connectivity index (χ0v) is 13.3. The van der Waals surface area contributed by atoms with Gasteiger partial charge >= 0.3 is 0 Å². The molecule has 0 saturated heterocycles. The van der Waals surface area contributed by atoms with E-state index in [2.05, 4.69) is 0 Å². The van der Waals surface area contributed by atoms with Crippen LogP contribution in [0.4, 0.5) is 17.6 Å². The fourth-order valence-corrected chi connectivity index (χ4v) is 4.01. The highest BCUT2D eigenvalue weighted by atomic mass is 28.4. The molecule has 0 saturated carbocycles. The largest absolute Gasteiger partial charge is 0.413 e. The Labute approximate surface area is 127 Å². The second-order valence-corrected chi connectivity index (χ2v) is 9.83. The summed E-state index contributed by atoms with van der Waals surface area (Å²) in [5.74, 6) is -6.42. The highest BCUT2D eigenvalue weighted by molar-refractivity contribution is 6.70. The lowest BCUT2D eigenvalue weighted by Gasteiger charge is -2.23. The van der Waals surface area contributed by atoms with E-state index < -0.39 is 31.6 Å². The molecule has 0 amide bonds. The van der Waals surface area contributed by atoms with Gasteiger partial charge in [0.1, 0.15) is 0 Å². The highest BCUT2D eigenvalue weighted by Crippen LogP contribution is 2.21. The first-order chi connectivity index (χ1) is 10.3. The predicted molar refractivity (Wildman–Crippen MR) is 78.7 cm³/mol.